The van der Waals surface area contributed by atoms with Crippen molar-refractivity contribution in [1.82, 2.24) is 10.2 Å². The molecule has 0 aromatic rings. The number of hydrogen-bond acceptors (Lipinski definition) is 3. The molecular weight excluding hydrogens is 246 g/mol. The van der Waals surface area contributed by atoms with Crippen molar-refractivity contribution < 1.29 is 0 Å². The third-order valence-corrected chi connectivity index (χ3v) is 5.26. The summed E-state index contributed by atoms with van der Waals surface area (Å²) < 4.78 is 0. The second-order valence-electron chi connectivity index (χ2n) is 7.67. The molecule has 0 bridgehead atoms. The Morgan fingerprint density at radius 3 is 2.55 bits per heavy atom. The standard InChI is InChI=1S/C17H31N3/c1-12-8-13(2)15(4)20(10-12)14(3)9-17(5,11-18)19-16-6-7-16/h12-16,19H,6-10H2,1-5H3. The summed E-state index contributed by atoms with van der Waals surface area (Å²) >= 11 is 0. The van der Waals surface area contributed by atoms with E-state index in [1.54, 1.807) is 0 Å². The van der Waals surface area contributed by atoms with E-state index in [4.69, 9.17) is 0 Å². The van der Waals surface area contributed by atoms with Crippen molar-refractivity contribution in [3.05, 3.63) is 0 Å². The van der Waals surface area contributed by atoms with E-state index >= 15 is 0 Å². The highest BCUT2D eigenvalue weighted by Gasteiger charge is 2.37. The van der Waals surface area contributed by atoms with Gasteiger partial charge in [-0.1, -0.05) is 13.8 Å². The largest absolute Gasteiger partial charge is 0.297 e. The molecule has 3 nitrogen and oxygen atoms in total. The molecule has 2 rings (SSSR count). The minimum atomic E-state index is -0.371. The molecular formula is C17H31N3. The molecule has 5 atom stereocenters. The van der Waals surface area contributed by atoms with Gasteiger partial charge in [0.2, 0.25) is 0 Å². The molecule has 20 heavy (non-hydrogen) atoms. The van der Waals surface area contributed by atoms with Crippen molar-refractivity contribution in [3.8, 4) is 6.07 Å². The summed E-state index contributed by atoms with van der Waals surface area (Å²) in [5, 5.41) is 13.1. The molecule has 5 unspecified atom stereocenters. The zero-order valence-corrected chi connectivity index (χ0v) is 13.8. The first kappa shape index (κ1) is 15.8. The monoisotopic (exact) mass is 277 g/mol. The third-order valence-electron chi connectivity index (χ3n) is 5.26. The lowest BCUT2D eigenvalue weighted by atomic mass is 9.83. The first-order chi connectivity index (χ1) is 9.34. The lowest BCUT2D eigenvalue weighted by Gasteiger charge is -2.45. The van der Waals surface area contributed by atoms with E-state index in [0.29, 0.717) is 18.1 Å². The van der Waals surface area contributed by atoms with Crippen molar-refractivity contribution in [2.24, 2.45) is 11.8 Å². The van der Waals surface area contributed by atoms with Crippen molar-refractivity contribution in [3.63, 3.8) is 0 Å². The van der Waals surface area contributed by atoms with Gasteiger partial charge in [0.05, 0.1) is 6.07 Å². The van der Waals surface area contributed by atoms with E-state index in [-0.39, 0.29) is 5.54 Å². The van der Waals surface area contributed by atoms with Gasteiger partial charge in [0.15, 0.2) is 0 Å². The van der Waals surface area contributed by atoms with E-state index in [1.807, 2.05) is 0 Å². The summed E-state index contributed by atoms with van der Waals surface area (Å²) in [6.45, 7) is 12.6. The molecule has 0 aromatic carbocycles. The Kier molecular flexibility index (Phi) is 4.76. The lowest BCUT2D eigenvalue weighted by molar-refractivity contribution is 0.0367. The van der Waals surface area contributed by atoms with Gasteiger partial charge in [-0.05, 0) is 58.3 Å². The van der Waals surface area contributed by atoms with Crippen LogP contribution >= 0.6 is 0 Å². The average Bonchev–Trinajstić information content (AvgIpc) is 3.17. The van der Waals surface area contributed by atoms with Crippen LogP contribution in [0.2, 0.25) is 0 Å². The van der Waals surface area contributed by atoms with Gasteiger partial charge in [0.1, 0.15) is 5.54 Å². The molecule has 1 saturated heterocycles. The van der Waals surface area contributed by atoms with E-state index in [9.17, 15) is 5.26 Å². The van der Waals surface area contributed by atoms with Crippen LogP contribution in [0.1, 0.15) is 60.3 Å². The highest BCUT2D eigenvalue weighted by Crippen LogP contribution is 2.31. The van der Waals surface area contributed by atoms with E-state index < -0.39 is 0 Å². The summed E-state index contributed by atoms with van der Waals surface area (Å²) in [7, 11) is 0. The first-order valence-electron chi connectivity index (χ1n) is 8.29. The zero-order valence-electron chi connectivity index (χ0n) is 13.8. The Morgan fingerprint density at radius 1 is 1.35 bits per heavy atom. The quantitative estimate of drug-likeness (QED) is 0.839. The number of nitrogens with zero attached hydrogens (tertiary/aromatic N) is 2. The minimum Gasteiger partial charge on any atom is -0.297 e. The molecule has 1 N–H and O–H groups in total. The van der Waals surface area contributed by atoms with Crippen LogP contribution in [-0.4, -0.2) is 35.1 Å². The molecule has 1 aliphatic carbocycles. The van der Waals surface area contributed by atoms with Crippen molar-refractivity contribution in [2.75, 3.05) is 6.54 Å². The molecule has 0 radical (unpaired) electrons. The normalized spacial score (nSPS) is 36.1. The number of nitriles is 1. The van der Waals surface area contributed by atoms with Crippen LogP contribution in [0.5, 0.6) is 0 Å². The molecule has 0 spiro atoms. The molecule has 3 heteroatoms. The fraction of sp³-hybridized carbons (Fsp3) is 0.941. The molecule has 114 valence electrons. The molecule has 1 aliphatic heterocycles. The Hall–Kier alpha value is -0.590. The topological polar surface area (TPSA) is 39.1 Å². The fourth-order valence-electron chi connectivity index (χ4n) is 3.86. The minimum absolute atomic E-state index is 0.371. The zero-order chi connectivity index (χ0) is 14.9. The van der Waals surface area contributed by atoms with Gasteiger partial charge >= 0.3 is 0 Å². The van der Waals surface area contributed by atoms with Crippen LogP contribution in [0.3, 0.4) is 0 Å². The Morgan fingerprint density at radius 2 is 2.00 bits per heavy atom. The van der Waals surface area contributed by atoms with Crippen LogP contribution in [0.15, 0.2) is 0 Å². The maximum absolute atomic E-state index is 9.55. The second-order valence-corrected chi connectivity index (χ2v) is 7.67. The molecule has 0 amide bonds. The summed E-state index contributed by atoms with van der Waals surface area (Å²) in [6, 6.07) is 4.20. The molecule has 0 aromatic heterocycles. The van der Waals surface area contributed by atoms with Gasteiger partial charge in [-0.2, -0.15) is 5.26 Å². The lowest BCUT2D eigenvalue weighted by Crippen LogP contribution is -2.54. The van der Waals surface area contributed by atoms with Gasteiger partial charge in [-0.3, -0.25) is 10.2 Å². The maximum atomic E-state index is 9.55. The number of likely N-dealkylation sites (tertiary alicyclic amines) is 1. The fourth-order valence-corrected chi connectivity index (χ4v) is 3.86. The van der Waals surface area contributed by atoms with Gasteiger partial charge in [-0.25, -0.2) is 0 Å². The second kappa shape index (κ2) is 6.03. The van der Waals surface area contributed by atoms with Gasteiger partial charge in [-0.15, -0.1) is 0 Å². The Balaban J connectivity index is 1.98. The van der Waals surface area contributed by atoms with Gasteiger partial charge in [0.25, 0.3) is 0 Å². The van der Waals surface area contributed by atoms with Gasteiger partial charge in [0, 0.05) is 24.7 Å². The van der Waals surface area contributed by atoms with E-state index in [0.717, 1.165) is 18.3 Å². The molecule has 1 saturated carbocycles. The van der Waals surface area contributed by atoms with E-state index in [1.165, 1.54) is 25.8 Å². The number of piperidine rings is 1. The number of hydrogen-bond donors (Lipinski definition) is 1. The Bertz CT molecular complexity index is 371. The van der Waals surface area contributed by atoms with Crippen molar-refractivity contribution in [1.29, 1.82) is 5.26 Å². The SMILES string of the molecule is CC1CC(C)C(C)N(C(C)CC(C)(C#N)NC2CC2)C1. The molecule has 2 fully saturated rings. The highest BCUT2D eigenvalue weighted by atomic mass is 15.2. The third kappa shape index (κ3) is 3.74. The van der Waals surface area contributed by atoms with Crippen LogP contribution < -0.4 is 5.32 Å². The van der Waals surface area contributed by atoms with Crippen molar-refractivity contribution >= 4 is 0 Å². The predicted octanol–water partition coefficient (Wildman–Crippen LogP) is 3.17. The maximum Gasteiger partial charge on any atom is 0.105 e. The van der Waals surface area contributed by atoms with Crippen LogP contribution in [0, 0.1) is 23.2 Å². The van der Waals surface area contributed by atoms with E-state index in [2.05, 4.69) is 50.9 Å². The number of rotatable bonds is 5. The van der Waals surface area contributed by atoms with Crippen LogP contribution in [0.4, 0.5) is 0 Å². The first-order valence-corrected chi connectivity index (χ1v) is 8.29. The molecule has 2 aliphatic rings. The summed E-state index contributed by atoms with van der Waals surface area (Å²) in [6.07, 6.45) is 4.73. The number of nitrogens with one attached hydrogen (secondary N) is 1. The average molecular weight is 277 g/mol. The molecule has 1 heterocycles. The Labute approximate surface area is 124 Å². The highest BCUT2D eigenvalue weighted by molar-refractivity contribution is 5.09. The van der Waals surface area contributed by atoms with Crippen LogP contribution in [-0.2, 0) is 0 Å². The van der Waals surface area contributed by atoms with Crippen LogP contribution in [0.25, 0.3) is 0 Å². The summed E-state index contributed by atoms with van der Waals surface area (Å²) in [5.74, 6) is 1.53. The van der Waals surface area contributed by atoms with Gasteiger partial charge < -0.3 is 0 Å². The van der Waals surface area contributed by atoms with Crippen molar-refractivity contribution in [2.45, 2.75) is 84.0 Å². The smallest absolute Gasteiger partial charge is 0.105 e. The summed E-state index contributed by atoms with van der Waals surface area (Å²) in [4.78, 5) is 2.63. The predicted molar refractivity (Wildman–Crippen MR) is 83.4 cm³/mol. The summed E-state index contributed by atoms with van der Waals surface area (Å²) in [5.41, 5.74) is -0.371.